The number of esters is 1. The monoisotopic (exact) mass is 436 g/mol. The summed E-state index contributed by atoms with van der Waals surface area (Å²) in [5.41, 5.74) is 0.539. The maximum atomic E-state index is 12.7. The first-order chi connectivity index (χ1) is 13.9. The zero-order chi connectivity index (χ0) is 21.0. The molecule has 0 unspecified atom stereocenters. The minimum atomic E-state index is -0.579. The maximum absolute atomic E-state index is 12.7. The van der Waals surface area contributed by atoms with Gasteiger partial charge < -0.3 is 19.7 Å². The van der Waals surface area contributed by atoms with E-state index in [1.165, 1.54) is 37.7 Å². The van der Waals surface area contributed by atoms with Crippen LogP contribution in [-0.2, 0) is 9.53 Å². The van der Waals surface area contributed by atoms with Crippen LogP contribution in [0.1, 0.15) is 32.9 Å². The Morgan fingerprint density at radius 1 is 1.21 bits per heavy atom. The number of carbonyl (C=O) groups is 3. The van der Waals surface area contributed by atoms with Gasteiger partial charge in [0.2, 0.25) is 5.91 Å². The van der Waals surface area contributed by atoms with Crippen LogP contribution in [0.15, 0.2) is 29.6 Å². The Hall–Kier alpha value is -2.58. The predicted molar refractivity (Wildman–Crippen MR) is 111 cm³/mol. The molecule has 7 nitrogen and oxygen atoms in total. The molecule has 2 amide bonds. The topological polar surface area (TPSA) is 84.9 Å². The number of anilines is 1. The highest BCUT2D eigenvalue weighted by atomic mass is 35.5. The van der Waals surface area contributed by atoms with Crippen molar-refractivity contribution in [2.45, 2.75) is 12.8 Å². The van der Waals surface area contributed by atoms with Gasteiger partial charge in [-0.05, 0) is 30.4 Å². The molecule has 1 N–H and O–H groups in total. The lowest BCUT2D eigenvalue weighted by Crippen LogP contribution is -2.41. The normalized spacial score (nSPS) is 14.4. The summed E-state index contributed by atoms with van der Waals surface area (Å²) in [7, 11) is 2.68. The Kier molecular flexibility index (Phi) is 6.76. The molecule has 1 fully saturated rings. The summed E-state index contributed by atoms with van der Waals surface area (Å²) < 4.78 is 9.92. The van der Waals surface area contributed by atoms with Gasteiger partial charge in [0.1, 0.15) is 11.3 Å². The molecular formula is C20H21ClN2O5S. The van der Waals surface area contributed by atoms with Crippen molar-refractivity contribution in [3.8, 4) is 5.75 Å². The van der Waals surface area contributed by atoms with Gasteiger partial charge in [-0.3, -0.25) is 9.59 Å². The fraction of sp³-hybridized carbons (Fsp3) is 0.350. The van der Waals surface area contributed by atoms with Crippen molar-refractivity contribution in [3.63, 3.8) is 0 Å². The number of ether oxygens (including phenoxy) is 2. The van der Waals surface area contributed by atoms with Crippen LogP contribution in [0.5, 0.6) is 5.75 Å². The van der Waals surface area contributed by atoms with E-state index in [0.717, 1.165) is 0 Å². The number of methoxy groups -OCH3 is 2. The number of rotatable bonds is 5. The van der Waals surface area contributed by atoms with Crippen molar-refractivity contribution in [2.75, 3.05) is 32.6 Å². The van der Waals surface area contributed by atoms with Crippen LogP contribution in [0.25, 0.3) is 0 Å². The zero-order valence-corrected chi connectivity index (χ0v) is 17.6. The number of hydrogen-bond donors (Lipinski definition) is 1. The van der Waals surface area contributed by atoms with E-state index in [1.54, 1.807) is 11.0 Å². The van der Waals surface area contributed by atoms with Crippen LogP contribution in [0.2, 0.25) is 5.02 Å². The van der Waals surface area contributed by atoms with E-state index in [0.29, 0.717) is 36.5 Å². The molecule has 154 valence electrons. The van der Waals surface area contributed by atoms with Gasteiger partial charge in [-0.25, -0.2) is 4.79 Å². The molecule has 1 aromatic heterocycles. The molecule has 1 aromatic carbocycles. The first-order valence-corrected chi connectivity index (χ1v) is 10.3. The average Bonchev–Trinajstić information content (AvgIpc) is 3.28. The number of hydrogen-bond acceptors (Lipinski definition) is 6. The SMILES string of the molecule is COC(=O)c1cc(Cl)c(NC(=O)C2CCN(C(=O)c3cccs3)CC2)cc1OC. The average molecular weight is 437 g/mol. The van der Waals surface area contributed by atoms with E-state index in [2.05, 4.69) is 5.32 Å². The summed E-state index contributed by atoms with van der Waals surface area (Å²) in [5.74, 6) is -0.727. The molecule has 3 rings (SSSR count). The van der Waals surface area contributed by atoms with Crippen molar-refractivity contribution in [3.05, 3.63) is 45.1 Å². The molecule has 0 aliphatic carbocycles. The maximum Gasteiger partial charge on any atom is 0.341 e. The second kappa shape index (κ2) is 9.28. The zero-order valence-electron chi connectivity index (χ0n) is 16.1. The molecule has 1 saturated heterocycles. The summed E-state index contributed by atoms with van der Waals surface area (Å²) in [4.78, 5) is 39.4. The number of likely N-dealkylation sites (tertiary alicyclic amines) is 1. The Labute approximate surface area is 177 Å². The third-order valence-corrected chi connectivity index (χ3v) is 6.01. The van der Waals surface area contributed by atoms with E-state index in [9.17, 15) is 14.4 Å². The minimum Gasteiger partial charge on any atom is -0.496 e. The van der Waals surface area contributed by atoms with E-state index in [-0.39, 0.29) is 34.1 Å². The molecule has 1 aliphatic heterocycles. The summed E-state index contributed by atoms with van der Waals surface area (Å²) >= 11 is 7.65. The second-order valence-electron chi connectivity index (χ2n) is 6.56. The van der Waals surface area contributed by atoms with Crippen LogP contribution in [-0.4, -0.2) is 50.0 Å². The minimum absolute atomic E-state index is 0.00466. The summed E-state index contributed by atoms with van der Waals surface area (Å²) in [5, 5.41) is 4.89. The third kappa shape index (κ3) is 4.71. The van der Waals surface area contributed by atoms with E-state index in [4.69, 9.17) is 21.1 Å². The van der Waals surface area contributed by atoms with Crippen LogP contribution < -0.4 is 10.1 Å². The van der Waals surface area contributed by atoms with Gasteiger partial charge in [-0.1, -0.05) is 17.7 Å². The smallest absolute Gasteiger partial charge is 0.341 e. The molecular weight excluding hydrogens is 416 g/mol. The van der Waals surface area contributed by atoms with Crippen LogP contribution >= 0.6 is 22.9 Å². The Balaban J connectivity index is 1.64. The lowest BCUT2D eigenvalue weighted by Gasteiger charge is -2.31. The number of amides is 2. The standard InChI is InChI=1S/C20H21ClN2O5S/c1-27-16-11-15(14(21)10-13(16)20(26)28-2)22-18(24)12-5-7-23(8-6-12)19(25)17-4-3-9-29-17/h3-4,9-12H,5-8H2,1-2H3,(H,22,24). The number of nitrogens with one attached hydrogen (secondary N) is 1. The molecule has 0 spiro atoms. The van der Waals surface area contributed by atoms with Crippen molar-refractivity contribution < 1.29 is 23.9 Å². The molecule has 9 heteroatoms. The van der Waals surface area contributed by atoms with Crippen LogP contribution in [0.4, 0.5) is 5.69 Å². The van der Waals surface area contributed by atoms with Crippen molar-refractivity contribution >= 4 is 46.4 Å². The van der Waals surface area contributed by atoms with Gasteiger partial charge in [-0.15, -0.1) is 11.3 Å². The highest BCUT2D eigenvalue weighted by Gasteiger charge is 2.29. The van der Waals surface area contributed by atoms with E-state index >= 15 is 0 Å². The molecule has 0 bridgehead atoms. The lowest BCUT2D eigenvalue weighted by atomic mass is 9.95. The van der Waals surface area contributed by atoms with Gasteiger partial charge >= 0.3 is 5.97 Å². The molecule has 2 heterocycles. The number of halogens is 1. The Morgan fingerprint density at radius 3 is 2.52 bits per heavy atom. The second-order valence-corrected chi connectivity index (χ2v) is 7.91. The number of thiophene rings is 1. The third-order valence-electron chi connectivity index (χ3n) is 4.84. The summed E-state index contributed by atoms with van der Waals surface area (Å²) in [6, 6.07) is 6.56. The Bertz CT molecular complexity index is 908. The number of nitrogens with zero attached hydrogens (tertiary/aromatic N) is 1. The lowest BCUT2D eigenvalue weighted by molar-refractivity contribution is -0.121. The number of piperidine rings is 1. The largest absolute Gasteiger partial charge is 0.496 e. The fourth-order valence-electron chi connectivity index (χ4n) is 3.22. The van der Waals surface area contributed by atoms with Gasteiger partial charge in [0.05, 0.1) is 29.8 Å². The quantitative estimate of drug-likeness (QED) is 0.722. The van der Waals surface area contributed by atoms with E-state index in [1.807, 2.05) is 11.4 Å². The fourth-order valence-corrected chi connectivity index (χ4v) is 4.12. The number of benzene rings is 1. The number of carbonyl (C=O) groups excluding carboxylic acids is 3. The van der Waals surface area contributed by atoms with Crippen LogP contribution in [0, 0.1) is 5.92 Å². The Morgan fingerprint density at radius 2 is 1.93 bits per heavy atom. The summed E-state index contributed by atoms with van der Waals surface area (Å²) in [6.45, 7) is 1.04. The molecule has 29 heavy (non-hydrogen) atoms. The van der Waals surface area contributed by atoms with Gasteiger partial charge in [-0.2, -0.15) is 0 Å². The molecule has 0 saturated carbocycles. The van der Waals surface area contributed by atoms with Crippen molar-refractivity contribution in [1.82, 2.24) is 4.90 Å². The van der Waals surface area contributed by atoms with Crippen molar-refractivity contribution in [1.29, 1.82) is 0 Å². The highest BCUT2D eigenvalue weighted by molar-refractivity contribution is 7.12. The molecule has 0 radical (unpaired) electrons. The van der Waals surface area contributed by atoms with Crippen molar-refractivity contribution in [2.24, 2.45) is 5.92 Å². The first kappa shape index (κ1) is 21.1. The van der Waals surface area contributed by atoms with Gasteiger partial charge in [0.15, 0.2) is 0 Å². The van der Waals surface area contributed by atoms with E-state index < -0.39 is 5.97 Å². The summed E-state index contributed by atoms with van der Waals surface area (Å²) in [6.07, 6.45) is 1.13. The highest BCUT2D eigenvalue weighted by Crippen LogP contribution is 2.32. The van der Waals surface area contributed by atoms with Gasteiger partial charge in [0.25, 0.3) is 5.91 Å². The molecule has 0 atom stereocenters. The molecule has 1 aliphatic rings. The molecule has 2 aromatic rings. The van der Waals surface area contributed by atoms with Crippen LogP contribution in [0.3, 0.4) is 0 Å². The predicted octanol–water partition coefficient (Wildman–Crippen LogP) is 3.69. The van der Waals surface area contributed by atoms with Gasteiger partial charge in [0, 0.05) is 25.1 Å². The first-order valence-electron chi connectivity index (χ1n) is 9.04.